The minimum absolute atomic E-state index is 0.0631. The van der Waals surface area contributed by atoms with E-state index in [1.165, 1.54) is 9.80 Å². The van der Waals surface area contributed by atoms with Crippen LogP contribution in [-0.4, -0.2) is 73.8 Å². The van der Waals surface area contributed by atoms with E-state index in [0.29, 0.717) is 32.1 Å². The van der Waals surface area contributed by atoms with Gasteiger partial charge < -0.3 is 29.9 Å². The molecule has 0 aliphatic carbocycles. The Morgan fingerprint density at radius 2 is 1.64 bits per heavy atom. The highest BCUT2D eigenvalue weighted by Crippen LogP contribution is 2.20. The predicted molar refractivity (Wildman–Crippen MR) is 129 cm³/mol. The zero-order chi connectivity index (χ0) is 25.0. The van der Waals surface area contributed by atoms with Crippen molar-refractivity contribution in [2.45, 2.75) is 66.2 Å². The number of amides is 3. The minimum atomic E-state index is -0.495. The molecule has 1 aromatic carbocycles. The van der Waals surface area contributed by atoms with E-state index in [9.17, 15) is 14.4 Å². The van der Waals surface area contributed by atoms with E-state index in [1.807, 2.05) is 39.0 Å². The van der Waals surface area contributed by atoms with Gasteiger partial charge in [-0.05, 0) is 37.5 Å². The molecular weight excluding hydrogens is 424 g/mol. The second-order valence-corrected chi connectivity index (χ2v) is 8.58. The van der Waals surface area contributed by atoms with Crippen LogP contribution in [0.3, 0.4) is 0 Å². The molecule has 9 heteroatoms. The maximum absolute atomic E-state index is 12.3. The van der Waals surface area contributed by atoms with Crippen molar-refractivity contribution >= 4 is 23.8 Å². The number of carbonyl (C=O) groups excluding carboxylic acids is 3. The molecule has 33 heavy (non-hydrogen) atoms. The number of nitrogens with one attached hydrogen (secondary N) is 2. The molecule has 0 aromatic heterocycles. The van der Waals surface area contributed by atoms with Crippen molar-refractivity contribution in [2.24, 2.45) is 0 Å². The van der Waals surface area contributed by atoms with Crippen LogP contribution in [0.2, 0.25) is 0 Å². The largest absolute Gasteiger partial charge is 0.447 e. The van der Waals surface area contributed by atoms with E-state index in [1.54, 1.807) is 27.9 Å². The number of benzene rings is 1. The fourth-order valence-electron chi connectivity index (χ4n) is 2.85. The van der Waals surface area contributed by atoms with Crippen LogP contribution in [0.1, 0.15) is 52.2 Å². The number of nitrogens with zero attached hydrogens (tertiary/aromatic N) is 2. The molecular formula is C24H40N4O5. The summed E-state index contributed by atoms with van der Waals surface area (Å²) < 4.78 is 10.5. The number of hydrogen-bond acceptors (Lipinski definition) is 6. The fraction of sp³-hybridized carbons (Fsp3) is 0.625. The Morgan fingerprint density at radius 3 is 2.21 bits per heavy atom. The first kappa shape index (κ1) is 28.2. The molecule has 0 spiro atoms. The summed E-state index contributed by atoms with van der Waals surface area (Å²) >= 11 is 0. The van der Waals surface area contributed by atoms with Gasteiger partial charge in [0.1, 0.15) is 6.61 Å². The number of anilines is 1. The smallest absolute Gasteiger partial charge is 0.409 e. The molecule has 0 heterocycles. The summed E-state index contributed by atoms with van der Waals surface area (Å²) in [5.74, 6) is -0.0631. The van der Waals surface area contributed by atoms with Gasteiger partial charge in [-0.2, -0.15) is 0 Å². The van der Waals surface area contributed by atoms with Gasteiger partial charge in [-0.25, -0.2) is 9.59 Å². The number of aryl methyl sites for hydroxylation is 1. The third-order valence-electron chi connectivity index (χ3n) is 4.83. The number of hydrogen-bond donors (Lipinski definition) is 2. The van der Waals surface area contributed by atoms with Crippen molar-refractivity contribution in [3.8, 4) is 0 Å². The number of carbonyl (C=O) groups is 3. The Balaban J connectivity index is 2.58. The third kappa shape index (κ3) is 11.1. The van der Waals surface area contributed by atoms with E-state index >= 15 is 0 Å². The lowest BCUT2D eigenvalue weighted by Gasteiger charge is -2.22. The SMILES string of the molecule is CCc1ccc(COC(=O)N(C)CCN(C)C(=O)OC(C)C)cc1NC(=O)CCNC(C)C. The molecule has 0 saturated heterocycles. The van der Waals surface area contributed by atoms with Crippen molar-refractivity contribution in [2.75, 3.05) is 39.0 Å². The summed E-state index contributed by atoms with van der Waals surface area (Å²) in [5.41, 5.74) is 2.53. The minimum Gasteiger partial charge on any atom is -0.447 e. The average molecular weight is 465 g/mol. The summed E-state index contributed by atoms with van der Waals surface area (Å²) in [6.07, 6.45) is 0.0240. The highest BCUT2D eigenvalue weighted by molar-refractivity contribution is 5.91. The zero-order valence-corrected chi connectivity index (χ0v) is 21.1. The monoisotopic (exact) mass is 464 g/mol. The lowest BCUT2D eigenvalue weighted by atomic mass is 10.1. The first-order chi connectivity index (χ1) is 15.5. The molecule has 3 amide bonds. The Labute approximate surface area is 197 Å². The molecule has 1 aromatic rings. The molecule has 0 radical (unpaired) electrons. The van der Waals surface area contributed by atoms with E-state index < -0.39 is 12.2 Å². The van der Waals surface area contributed by atoms with E-state index in [2.05, 4.69) is 10.6 Å². The van der Waals surface area contributed by atoms with Crippen LogP contribution >= 0.6 is 0 Å². The molecule has 0 aliphatic heterocycles. The van der Waals surface area contributed by atoms with Gasteiger partial charge >= 0.3 is 12.2 Å². The molecule has 0 saturated carbocycles. The Morgan fingerprint density at radius 1 is 1.00 bits per heavy atom. The molecule has 9 nitrogen and oxygen atoms in total. The Hall–Kier alpha value is -2.81. The second-order valence-electron chi connectivity index (χ2n) is 8.58. The maximum atomic E-state index is 12.3. The number of rotatable bonds is 12. The van der Waals surface area contributed by atoms with Crippen LogP contribution in [0, 0.1) is 0 Å². The number of likely N-dealkylation sites (N-methyl/N-ethyl adjacent to an activating group) is 2. The first-order valence-corrected chi connectivity index (χ1v) is 11.5. The molecule has 1 rings (SSSR count). The second kappa shape index (κ2) is 14.4. The molecule has 0 bridgehead atoms. The van der Waals surface area contributed by atoms with Crippen molar-refractivity contribution in [1.29, 1.82) is 0 Å². The summed E-state index contributed by atoms with van der Waals surface area (Å²) in [7, 11) is 3.23. The summed E-state index contributed by atoms with van der Waals surface area (Å²) in [5, 5.41) is 6.19. The van der Waals surface area contributed by atoms with Gasteiger partial charge in [0.05, 0.1) is 6.10 Å². The van der Waals surface area contributed by atoms with Crippen molar-refractivity contribution in [3.63, 3.8) is 0 Å². The van der Waals surface area contributed by atoms with Gasteiger partial charge in [0.25, 0.3) is 0 Å². The predicted octanol–water partition coefficient (Wildman–Crippen LogP) is 3.62. The van der Waals surface area contributed by atoms with E-state index in [0.717, 1.165) is 23.2 Å². The summed E-state index contributed by atoms with van der Waals surface area (Å²) in [6.45, 7) is 11.0. The molecule has 0 fully saturated rings. The summed E-state index contributed by atoms with van der Waals surface area (Å²) in [6, 6.07) is 5.99. The van der Waals surface area contributed by atoms with E-state index in [-0.39, 0.29) is 18.6 Å². The van der Waals surface area contributed by atoms with Crippen LogP contribution in [0.4, 0.5) is 15.3 Å². The van der Waals surface area contributed by atoms with Crippen molar-refractivity contribution < 1.29 is 23.9 Å². The highest BCUT2D eigenvalue weighted by Gasteiger charge is 2.16. The van der Waals surface area contributed by atoms with Crippen molar-refractivity contribution in [3.05, 3.63) is 29.3 Å². The summed E-state index contributed by atoms with van der Waals surface area (Å²) in [4.78, 5) is 39.3. The van der Waals surface area contributed by atoms with Gasteiger partial charge in [-0.15, -0.1) is 0 Å². The normalized spacial score (nSPS) is 10.8. The first-order valence-electron chi connectivity index (χ1n) is 11.5. The van der Waals surface area contributed by atoms with Gasteiger partial charge in [-0.3, -0.25) is 4.79 Å². The average Bonchev–Trinajstić information content (AvgIpc) is 2.74. The van der Waals surface area contributed by atoms with Crippen molar-refractivity contribution in [1.82, 2.24) is 15.1 Å². The lowest BCUT2D eigenvalue weighted by molar-refractivity contribution is -0.116. The van der Waals surface area contributed by atoms with Gasteiger partial charge in [0, 0.05) is 51.9 Å². The molecule has 186 valence electrons. The molecule has 0 unspecified atom stereocenters. The Bertz CT molecular complexity index is 782. The highest BCUT2D eigenvalue weighted by atomic mass is 16.6. The fourth-order valence-corrected chi connectivity index (χ4v) is 2.85. The van der Waals surface area contributed by atoms with Crippen LogP contribution in [0.5, 0.6) is 0 Å². The van der Waals surface area contributed by atoms with E-state index in [4.69, 9.17) is 9.47 Å². The molecule has 0 aliphatic rings. The van der Waals surface area contributed by atoms with Crippen LogP contribution in [0.25, 0.3) is 0 Å². The van der Waals surface area contributed by atoms with Crippen LogP contribution < -0.4 is 10.6 Å². The topological polar surface area (TPSA) is 100 Å². The molecule has 0 atom stereocenters. The third-order valence-corrected chi connectivity index (χ3v) is 4.83. The Kier molecular flexibility index (Phi) is 12.3. The van der Waals surface area contributed by atoms with Crippen LogP contribution in [-0.2, 0) is 27.3 Å². The van der Waals surface area contributed by atoms with Gasteiger partial charge in [-0.1, -0.05) is 32.9 Å². The number of ether oxygens (including phenoxy) is 2. The quantitative estimate of drug-likeness (QED) is 0.490. The van der Waals surface area contributed by atoms with Crippen LogP contribution in [0.15, 0.2) is 18.2 Å². The lowest BCUT2D eigenvalue weighted by Crippen LogP contribution is -2.38. The standard InChI is InChI=1S/C24H40N4O5/c1-8-20-10-9-19(15-21(20)26-22(29)11-12-25-17(2)3)16-32-23(30)27(6)13-14-28(7)24(31)33-18(4)5/h9-10,15,17-18,25H,8,11-14,16H2,1-7H3,(H,26,29). The van der Waals surface area contributed by atoms with Gasteiger partial charge in [0.2, 0.25) is 5.91 Å². The maximum Gasteiger partial charge on any atom is 0.409 e. The van der Waals surface area contributed by atoms with Gasteiger partial charge in [0.15, 0.2) is 0 Å². The zero-order valence-electron chi connectivity index (χ0n) is 21.1. The molecule has 2 N–H and O–H groups in total.